The van der Waals surface area contributed by atoms with Crippen molar-refractivity contribution < 1.29 is 0 Å². The van der Waals surface area contributed by atoms with E-state index >= 15 is 0 Å². The van der Waals surface area contributed by atoms with E-state index in [1.54, 1.807) is 6.20 Å². The standard InChI is InChI=1S/C15H20N4O/c1-19-9-10(7-16)5-14(19)12-4-2-3-11(6-12)13-8-17-15(20)18-13/h2-4,6,8,10,14H,5,7,9,16H2,1H3,(H2,17,18,20). The van der Waals surface area contributed by atoms with Crippen LogP contribution in [0.2, 0.25) is 0 Å². The maximum absolute atomic E-state index is 11.2. The van der Waals surface area contributed by atoms with Crippen molar-refractivity contribution >= 4 is 0 Å². The summed E-state index contributed by atoms with van der Waals surface area (Å²) in [5.41, 5.74) is 8.76. The first-order valence-corrected chi connectivity index (χ1v) is 6.95. The molecule has 1 aliphatic rings. The molecular formula is C15H20N4O. The van der Waals surface area contributed by atoms with Crippen LogP contribution in [0, 0.1) is 5.92 Å². The highest BCUT2D eigenvalue weighted by molar-refractivity contribution is 5.59. The second-order valence-electron chi connectivity index (χ2n) is 5.57. The number of aromatic amines is 2. The summed E-state index contributed by atoms with van der Waals surface area (Å²) in [5.74, 6) is 0.570. The Morgan fingerprint density at radius 1 is 1.45 bits per heavy atom. The molecule has 0 amide bonds. The van der Waals surface area contributed by atoms with Crippen LogP contribution in [0.15, 0.2) is 35.3 Å². The Hall–Kier alpha value is -1.85. The van der Waals surface area contributed by atoms with Gasteiger partial charge in [0, 0.05) is 18.8 Å². The van der Waals surface area contributed by atoms with Crippen LogP contribution >= 0.6 is 0 Å². The lowest BCUT2D eigenvalue weighted by Crippen LogP contribution is -2.20. The number of imidazole rings is 1. The fraction of sp³-hybridized carbons (Fsp3) is 0.400. The second kappa shape index (κ2) is 5.26. The average Bonchev–Trinajstić information content (AvgIpc) is 3.05. The molecular weight excluding hydrogens is 252 g/mol. The zero-order valence-corrected chi connectivity index (χ0v) is 11.6. The number of aromatic nitrogens is 2. The Bertz CT molecular complexity index is 645. The van der Waals surface area contributed by atoms with Gasteiger partial charge >= 0.3 is 5.69 Å². The number of hydrogen-bond donors (Lipinski definition) is 3. The van der Waals surface area contributed by atoms with Crippen LogP contribution < -0.4 is 11.4 Å². The minimum Gasteiger partial charge on any atom is -0.330 e. The highest BCUT2D eigenvalue weighted by Crippen LogP contribution is 2.34. The minimum absolute atomic E-state index is 0.174. The zero-order valence-electron chi connectivity index (χ0n) is 11.6. The lowest BCUT2D eigenvalue weighted by atomic mass is 9.98. The van der Waals surface area contributed by atoms with Crippen molar-refractivity contribution in [1.82, 2.24) is 14.9 Å². The van der Waals surface area contributed by atoms with E-state index in [0.29, 0.717) is 12.0 Å². The molecule has 0 aliphatic carbocycles. The molecule has 2 unspecified atom stereocenters. The Labute approximate surface area is 117 Å². The van der Waals surface area contributed by atoms with E-state index < -0.39 is 0 Å². The number of rotatable bonds is 3. The molecule has 1 fully saturated rings. The fourth-order valence-corrected chi connectivity index (χ4v) is 3.07. The molecule has 3 rings (SSSR count). The molecule has 1 aliphatic heterocycles. The van der Waals surface area contributed by atoms with Crippen molar-refractivity contribution in [3.05, 3.63) is 46.5 Å². The molecule has 1 saturated heterocycles. The van der Waals surface area contributed by atoms with Gasteiger partial charge in [-0.15, -0.1) is 0 Å². The summed E-state index contributed by atoms with van der Waals surface area (Å²) in [6.07, 6.45) is 2.81. The molecule has 5 heteroatoms. The normalized spacial score (nSPS) is 23.3. The number of nitrogens with zero attached hydrogens (tertiary/aromatic N) is 1. The quantitative estimate of drug-likeness (QED) is 0.788. The number of nitrogens with two attached hydrogens (primary N) is 1. The van der Waals surface area contributed by atoms with E-state index in [1.165, 1.54) is 5.56 Å². The third kappa shape index (κ3) is 2.42. The van der Waals surface area contributed by atoms with Gasteiger partial charge in [0.25, 0.3) is 0 Å². The van der Waals surface area contributed by atoms with Gasteiger partial charge < -0.3 is 15.7 Å². The SMILES string of the molecule is CN1CC(CN)CC1c1cccc(-c2c[nH]c(=O)[nH]2)c1. The first kappa shape index (κ1) is 13.1. The summed E-state index contributed by atoms with van der Waals surface area (Å²) < 4.78 is 0. The molecule has 0 saturated carbocycles. The van der Waals surface area contributed by atoms with E-state index in [9.17, 15) is 4.79 Å². The van der Waals surface area contributed by atoms with E-state index in [2.05, 4.69) is 34.0 Å². The first-order valence-electron chi connectivity index (χ1n) is 6.95. The van der Waals surface area contributed by atoms with Crippen molar-refractivity contribution in [3.8, 4) is 11.3 Å². The van der Waals surface area contributed by atoms with Gasteiger partial charge in [-0.1, -0.05) is 18.2 Å². The van der Waals surface area contributed by atoms with Gasteiger partial charge in [0.05, 0.1) is 5.69 Å². The molecule has 106 valence electrons. The van der Waals surface area contributed by atoms with E-state index in [4.69, 9.17) is 5.73 Å². The van der Waals surface area contributed by atoms with E-state index in [0.717, 1.165) is 30.8 Å². The van der Waals surface area contributed by atoms with Crippen molar-refractivity contribution in [2.75, 3.05) is 20.1 Å². The minimum atomic E-state index is -0.174. The summed E-state index contributed by atoms with van der Waals surface area (Å²) in [4.78, 5) is 19.0. The van der Waals surface area contributed by atoms with Crippen molar-refractivity contribution in [2.24, 2.45) is 11.7 Å². The predicted octanol–water partition coefficient (Wildman–Crippen LogP) is 1.32. The highest BCUT2D eigenvalue weighted by Gasteiger charge is 2.29. The third-order valence-electron chi connectivity index (χ3n) is 4.15. The van der Waals surface area contributed by atoms with Crippen LogP contribution in [-0.2, 0) is 0 Å². The Balaban J connectivity index is 1.90. The number of hydrogen-bond acceptors (Lipinski definition) is 3. The summed E-state index contributed by atoms with van der Waals surface area (Å²) in [6, 6.07) is 8.76. The molecule has 0 spiro atoms. The zero-order chi connectivity index (χ0) is 14.1. The molecule has 1 aromatic heterocycles. The lowest BCUT2D eigenvalue weighted by Gasteiger charge is -2.20. The Morgan fingerprint density at radius 3 is 2.95 bits per heavy atom. The maximum Gasteiger partial charge on any atom is 0.323 e. The maximum atomic E-state index is 11.2. The molecule has 5 nitrogen and oxygen atoms in total. The van der Waals surface area contributed by atoms with E-state index in [1.807, 2.05) is 12.1 Å². The number of H-pyrrole nitrogens is 2. The molecule has 0 radical (unpaired) electrons. The van der Waals surface area contributed by atoms with Crippen LogP contribution in [0.25, 0.3) is 11.3 Å². The first-order chi connectivity index (χ1) is 9.67. The van der Waals surface area contributed by atoms with Gasteiger partial charge in [0.15, 0.2) is 0 Å². The molecule has 2 heterocycles. The Morgan fingerprint density at radius 2 is 2.30 bits per heavy atom. The van der Waals surface area contributed by atoms with Crippen LogP contribution in [0.3, 0.4) is 0 Å². The van der Waals surface area contributed by atoms with Crippen molar-refractivity contribution in [2.45, 2.75) is 12.5 Å². The summed E-state index contributed by atoms with van der Waals surface area (Å²) in [6.45, 7) is 1.79. The van der Waals surface area contributed by atoms with Crippen LogP contribution in [0.1, 0.15) is 18.0 Å². The average molecular weight is 272 g/mol. The van der Waals surface area contributed by atoms with Crippen molar-refractivity contribution in [1.29, 1.82) is 0 Å². The van der Waals surface area contributed by atoms with Gasteiger partial charge in [-0.2, -0.15) is 0 Å². The second-order valence-corrected chi connectivity index (χ2v) is 5.57. The van der Waals surface area contributed by atoms with Crippen LogP contribution in [0.4, 0.5) is 0 Å². The largest absolute Gasteiger partial charge is 0.330 e. The molecule has 20 heavy (non-hydrogen) atoms. The number of benzene rings is 1. The smallest absolute Gasteiger partial charge is 0.323 e. The summed E-state index contributed by atoms with van der Waals surface area (Å²) in [5, 5.41) is 0. The van der Waals surface area contributed by atoms with Crippen LogP contribution in [-0.4, -0.2) is 35.0 Å². The summed E-state index contributed by atoms with van der Waals surface area (Å²) >= 11 is 0. The molecule has 2 aromatic rings. The lowest BCUT2D eigenvalue weighted by molar-refractivity contribution is 0.314. The van der Waals surface area contributed by atoms with Crippen LogP contribution in [0.5, 0.6) is 0 Å². The molecule has 0 bridgehead atoms. The fourth-order valence-electron chi connectivity index (χ4n) is 3.07. The Kier molecular flexibility index (Phi) is 3.46. The highest BCUT2D eigenvalue weighted by atomic mass is 16.1. The van der Waals surface area contributed by atoms with Gasteiger partial charge in [0.2, 0.25) is 0 Å². The van der Waals surface area contributed by atoms with E-state index in [-0.39, 0.29) is 5.69 Å². The predicted molar refractivity (Wildman–Crippen MR) is 79.4 cm³/mol. The summed E-state index contributed by atoms with van der Waals surface area (Å²) in [7, 11) is 2.14. The number of nitrogens with one attached hydrogen (secondary N) is 2. The molecule has 2 atom stereocenters. The van der Waals surface area contributed by atoms with Crippen molar-refractivity contribution in [3.63, 3.8) is 0 Å². The molecule has 1 aromatic carbocycles. The third-order valence-corrected chi connectivity index (χ3v) is 4.15. The van der Waals surface area contributed by atoms with Gasteiger partial charge in [-0.3, -0.25) is 4.90 Å². The number of likely N-dealkylation sites (tertiary alicyclic amines) is 1. The monoisotopic (exact) mass is 272 g/mol. The molecule has 4 N–H and O–H groups in total. The van der Waals surface area contributed by atoms with Gasteiger partial charge in [-0.25, -0.2) is 4.79 Å². The van der Waals surface area contributed by atoms with Gasteiger partial charge in [0.1, 0.15) is 0 Å². The topological polar surface area (TPSA) is 77.9 Å². The van der Waals surface area contributed by atoms with Gasteiger partial charge in [-0.05, 0) is 43.1 Å².